The Labute approximate surface area is 123 Å². The van der Waals surface area contributed by atoms with Crippen molar-refractivity contribution in [2.75, 3.05) is 14.2 Å². The summed E-state index contributed by atoms with van der Waals surface area (Å²) < 4.78 is 16.3. The number of fused-ring (bicyclic) bond motifs is 2. The molecule has 0 aromatic heterocycles. The molecule has 0 spiro atoms. The minimum absolute atomic E-state index is 0.00710. The van der Waals surface area contributed by atoms with Crippen LogP contribution in [0.15, 0.2) is 12.2 Å². The maximum atomic E-state index is 12.6. The Kier molecular flexibility index (Phi) is 5.04. The first kappa shape index (κ1) is 15.7. The number of ether oxygens (including phenoxy) is 3. The molecular weight excluding hydrogens is 272 g/mol. The quantitative estimate of drug-likeness (QED) is 0.310. The molecule has 0 N–H and O–H groups in total. The zero-order chi connectivity index (χ0) is 14.8. The highest BCUT2D eigenvalue weighted by Gasteiger charge is 2.51. The Morgan fingerprint density at radius 1 is 1.40 bits per heavy atom. The van der Waals surface area contributed by atoms with Crippen LogP contribution in [0.5, 0.6) is 0 Å². The van der Waals surface area contributed by atoms with Gasteiger partial charge >= 0.3 is 5.97 Å². The van der Waals surface area contributed by atoms with Crippen LogP contribution in [0, 0.1) is 17.3 Å². The molecule has 4 unspecified atom stereocenters. The van der Waals surface area contributed by atoms with Gasteiger partial charge in [-0.3, -0.25) is 4.79 Å². The molecule has 0 amide bonds. The molecule has 1 fully saturated rings. The zero-order valence-corrected chi connectivity index (χ0v) is 14.3. The highest BCUT2D eigenvalue weighted by Crippen LogP contribution is 2.52. The normalized spacial score (nSPS) is 33.5. The van der Waals surface area contributed by atoms with Crippen molar-refractivity contribution < 1.29 is 19.0 Å². The van der Waals surface area contributed by atoms with Crippen molar-refractivity contribution in [1.29, 1.82) is 0 Å². The van der Waals surface area contributed by atoms with E-state index in [1.807, 2.05) is 0 Å². The summed E-state index contributed by atoms with van der Waals surface area (Å²) in [6.45, 7) is 4.11. The zero-order valence-electron chi connectivity index (χ0n) is 12.9. The first-order chi connectivity index (χ1) is 9.53. The molecule has 0 saturated heterocycles. The molecule has 0 heterocycles. The molecule has 0 aliphatic heterocycles. The molecule has 5 heteroatoms. The predicted octanol–water partition coefficient (Wildman–Crippen LogP) is 1.61. The van der Waals surface area contributed by atoms with Crippen molar-refractivity contribution in [3.8, 4) is 0 Å². The van der Waals surface area contributed by atoms with Gasteiger partial charge < -0.3 is 14.2 Å². The number of carbonyl (C=O) groups excluding carboxylic acids is 1. The summed E-state index contributed by atoms with van der Waals surface area (Å²) in [7, 11) is 2.50. The van der Waals surface area contributed by atoms with E-state index in [4.69, 9.17) is 14.2 Å². The number of rotatable bonds is 7. The maximum absolute atomic E-state index is 12.6. The number of allylic oxidation sites excluding steroid dienone is 2. The van der Waals surface area contributed by atoms with E-state index in [0.29, 0.717) is 11.8 Å². The third-order valence-electron chi connectivity index (χ3n) is 4.85. The maximum Gasteiger partial charge on any atom is 0.312 e. The molecule has 0 radical (unpaired) electrons. The Bertz CT molecular complexity index is 380. The van der Waals surface area contributed by atoms with Gasteiger partial charge in [-0.05, 0) is 38.0 Å². The first-order valence-corrected chi connectivity index (χ1v) is 9.11. The SMILES string of the molecule is CCC(OC(=O)C1(C)CC2C=CC1C2)[SiH2]C(OC)OC. The van der Waals surface area contributed by atoms with Crippen molar-refractivity contribution >= 4 is 15.5 Å². The van der Waals surface area contributed by atoms with Gasteiger partial charge in [0.2, 0.25) is 0 Å². The second-order valence-corrected chi connectivity index (χ2v) is 8.23. The number of esters is 1. The molecule has 0 aromatic carbocycles. The van der Waals surface area contributed by atoms with Gasteiger partial charge in [0.25, 0.3) is 0 Å². The Hall–Kier alpha value is -0.653. The average Bonchev–Trinajstić information content (AvgIpc) is 3.03. The summed E-state index contributed by atoms with van der Waals surface area (Å²) in [5, 5.41) is 0. The molecule has 2 aliphatic carbocycles. The number of hydrogen-bond donors (Lipinski definition) is 0. The van der Waals surface area contributed by atoms with Gasteiger partial charge in [0.1, 0.15) is 15.4 Å². The second-order valence-electron chi connectivity index (χ2n) is 6.18. The molecular formula is C15H26O4Si. The lowest BCUT2D eigenvalue weighted by molar-refractivity contribution is -0.159. The van der Waals surface area contributed by atoms with Gasteiger partial charge in [-0.25, -0.2) is 0 Å². The van der Waals surface area contributed by atoms with Crippen molar-refractivity contribution in [3.05, 3.63) is 12.2 Å². The summed E-state index contributed by atoms with van der Waals surface area (Å²) in [5.41, 5.74) is -0.330. The van der Waals surface area contributed by atoms with Crippen LogP contribution in [0.3, 0.4) is 0 Å². The largest absolute Gasteiger partial charge is 0.466 e. The van der Waals surface area contributed by atoms with Gasteiger partial charge in [-0.15, -0.1) is 0 Å². The highest BCUT2D eigenvalue weighted by molar-refractivity contribution is 6.38. The number of hydrogen-bond acceptors (Lipinski definition) is 4. The van der Waals surface area contributed by atoms with Gasteiger partial charge in [-0.2, -0.15) is 0 Å². The first-order valence-electron chi connectivity index (χ1n) is 7.48. The predicted molar refractivity (Wildman–Crippen MR) is 80.0 cm³/mol. The molecule has 2 aliphatic rings. The van der Waals surface area contributed by atoms with E-state index in [2.05, 4.69) is 26.0 Å². The Morgan fingerprint density at radius 2 is 2.10 bits per heavy atom. The third kappa shape index (κ3) is 2.99. The highest BCUT2D eigenvalue weighted by atomic mass is 28.2. The minimum Gasteiger partial charge on any atom is -0.466 e. The molecule has 114 valence electrons. The summed E-state index contributed by atoms with van der Waals surface area (Å²) >= 11 is 0. The molecule has 20 heavy (non-hydrogen) atoms. The van der Waals surface area contributed by atoms with E-state index in [0.717, 1.165) is 19.3 Å². The van der Waals surface area contributed by atoms with Crippen LogP contribution in [0.25, 0.3) is 0 Å². The van der Waals surface area contributed by atoms with Crippen LogP contribution < -0.4 is 0 Å². The standard InChI is InChI=1S/C15H26O4Si/c1-5-12(20-14(17-3)18-4)19-13(16)15(2)9-10-6-7-11(15)8-10/h6-7,10-12,14H,5,8-9,20H2,1-4H3. The lowest BCUT2D eigenvalue weighted by Crippen LogP contribution is -2.40. The minimum atomic E-state index is -0.774. The molecule has 2 bridgehead atoms. The summed E-state index contributed by atoms with van der Waals surface area (Å²) in [6, 6.07) is 0. The van der Waals surface area contributed by atoms with Gasteiger partial charge in [0, 0.05) is 14.2 Å². The Balaban J connectivity index is 1.94. The Morgan fingerprint density at radius 3 is 2.55 bits per heavy atom. The summed E-state index contributed by atoms with van der Waals surface area (Å²) in [4.78, 5) is 12.6. The molecule has 2 rings (SSSR count). The average molecular weight is 298 g/mol. The van der Waals surface area contributed by atoms with Crippen LogP contribution in [0.4, 0.5) is 0 Å². The third-order valence-corrected chi connectivity index (χ3v) is 7.17. The van der Waals surface area contributed by atoms with E-state index in [-0.39, 0.29) is 23.0 Å². The lowest BCUT2D eigenvalue weighted by Gasteiger charge is -2.31. The molecule has 1 saturated carbocycles. The van der Waals surface area contributed by atoms with Crippen LogP contribution in [0.2, 0.25) is 0 Å². The van der Waals surface area contributed by atoms with Crippen LogP contribution in [-0.2, 0) is 19.0 Å². The van der Waals surface area contributed by atoms with Crippen LogP contribution >= 0.6 is 0 Å². The van der Waals surface area contributed by atoms with E-state index >= 15 is 0 Å². The van der Waals surface area contributed by atoms with Crippen molar-refractivity contribution in [2.24, 2.45) is 17.3 Å². The van der Waals surface area contributed by atoms with Crippen molar-refractivity contribution in [2.45, 2.75) is 44.8 Å². The lowest BCUT2D eigenvalue weighted by atomic mass is 9.78. The van der Waals surface area contributed by atoms with Gasteiger partial charge in [-0.1, -0.05) is 19.1 Å². The van der Waals surface area contributed by atoms with Gasteiger partial charge in [0.15, 0.2) is 0 Å². The van der Waals surface area contributed by atoms with Crippen molar-refractivity contribution in [3.63, 3.8) is 0 Å². The molecule has 4 atom stereocenters. The monoisotopic (exact) mass is 298 g/mol. The number of methoxy groups -OCH3 is 2. The topological polar surface area (TPSA) is 44.8 Å². The van der Waals surface area contributed by atoms with Crippen LogP contribution in [-0.4, -0.2) is 41.3 Å². The molecule has 4 nitrogen and oxygen atoms in total. The summed E-state index contributed by atoms with van der Waals surface area (Å²) in [5.74, 6) is 0.723. The second kappa shape index (κ2) is 6.41. The van der Waals surface area contributed by atoms with E-state index in [1.165, 1.54) is 0 Å². The van der Waals surface area contributed by atoms with E-state index < -0.39 is 9.52 Å². The van der Waals surface area contributed by atoms with Gasteiger partial charge in [0.05, 0.1) is 11.1 Å². The van der Waals surface area contributed by atoms with Crippen LogP contribution in [0.1, 0.15) is 33.1 Å². The fourth-order valence-corrected chi connectivity index (χ4v) is 4.81. The fraction of sp³-hybridized carbons (Fsp3) is 0.800. The fourth-order valence-electron chi connectivity index (χ4n) is 3.42. The smallest absolute Gasteiger partial charge is 0.312 e. The van der Waals surface area contributed by atoms with E-state index in [9.17, 15) is 4.79 Å². The van der Waals surface area contributed by atoms with E-state index in [1.54, 1.807) is 14.2 Å². The molecule has 0 aromatic rings. The van der Waals surface area contributed by atoms with Crippen molar-refractivity contribution in [1.82, 2.24) is 0 Å². The summed E-state index contributed by atoms with van der Waals surface area (Å²) in [6.07, 6.45) is 7.32. The number of carbonyl (C=O) groups is 1.